The molecule has 0 spiro atoms. The molecule has 0 atom stereocenters. The van der Waals surface area contributed by atoms with Crippen LogP contribution in [0.4, 0.5) is 11.4 Å². The maximum atomic E-state index is 10.6. The molecule has 4 nitrogen and oxygen atoms in total. The van der Waals surface area contributed by atoms with E-state index in [9.17, 15) is 9.90 Å². The third-order valence-corrected chi connectivity index (χ3v) is 3.14. The molecule has 0 fully saturated rings. The molecule has 0 bridgehead atoms. The monoisotopic (exact) mass is 304 g/mol. The van der Waals surface area contributed by atoms with E-state index in [4.69, 9.17) is 0 Å². The number of carboxylic acid groups (broad SMARTS) is 1. The summed E-state index contributed by atoms with van der Waals surface area (Å²) in [6.07, 6.45) is 3.45. The van der Waals surface area contributed by atoms with Gasteiger partial charge in [-0.2, -0.15) is 10.2 Å². The second kappa shape index (κ2) is 9.51. The predicted molar refractivity (Wildman–Crippen MR) is 80.0 cm³/mol. The van der Waals surface area contributed by atoms with Gasteiger partial charge in [0.2, 0.25) is 0 Å². The first-order chi connectivity index (χ1) is 10.2. The summed E-state index contributed by atoms with van der Waals surface area (Å²) in [6.45, 7) is 2.17. The van der Waals surface area contributed by atoms with Crippen LogP contribution in [0.15, 0.2) is 58.8 Å². The van der Waals surface area contributed by atoms with Crippen molar-refractivity contribution in [1.82, 2.24) is 0 Å². The zero-order chi connectivity index (χ0) is 15.1. The van der Waals surface area contributed by atoms with Gasteiger partial charge in [-0.15, -0.1) is 0 Å². The van der Waals surface area contributed by atoms with Gasteiger partial charge in [-0.1, -0.05) is 37.6 Å². The average molecular weight is 304 g/mol. The molecule has 0 aromatic heterocycles. The first kappa shape index (κ1) is 18.6. The van der Waals surface area contributed by atoms with E-state index in [2.05, 4.69) is 29.3 Å². The van der Waals surface area contributed by atoms with Crippen molar-refractivity contribution >= 4 is 17.3 Å². The normalized spacial score (nSPS) is 10.4. The molecule has 0 saturated carbocycles. The molecule has 108 valence electrons. The molecular formula is C17H17N2NaO2. The Morgan fingerprint density at radius 3 is 1.91 bits per heavy atom. The van der Waals surface area contributed by atoms with Gasteiger partial charge in [-0.25, -0.2) is 0 Å². The molecular weight excluding hydrogens is 287 g/mol. The van der Waals surface area contributed by atoms with Crippen LogP contribution in [0.1, 0.15) is 35.7 Å². The van der Waals surface area contributed by atoms with Crippen LogP contribution in [0.3, 0.4) is 0 Å². The minimum absolute atomic E-state index is 0. The Balaban J connectivity index is 0.00000242. The fraction of sp³-hybridized carbons (Fsp3) is 0.235. The standard InChI is InChI=1S/C17H18N2O2.Na/c1-2-3-4-13-5-9-15(10-6-13)18-19-16-11-7-14(8-12-16)17(20)21;/h5-12H,2-4H2,1H3,(H,20,21);/q;+1/p-1. The zero-order valence-electron chi connectivity index (χ0n) is 13.0. The number of azo groups is 1. The van der Waals surface area contributed by atoms with E-state index in [-0.39, 0.29) is 35.1 Å². The number of hydrogen-bond donors (Lipinski definition) is 0. The number of carboxylic acids is 1. The Hall–Kier alpha value is -1.49. The van der Waals surface area contributed by atoms with Gasteiger partial charge in [0.05, 0.1) is 17.3 Å². The molecule has 0 N–H and O–H groups in total. The van der Waals surface area contributed by atoms with Crippen molar-refractivity contribution in [2.24, 2.45) is 10.2 Å². The molecule has 2 aromatic rings. The molecule has 22 heavy (non-hydrogen) atoms. The Kier molecular flexibility index (Phi) is 8.02. The number of benzene rings is 2. The minimum atomic E-state index is -1.19. The largest absolute Gasteiger partial charge is 1.00 e. The number of unbranched alkanes of at least 4 members (excludes halogenated alkanes) is 1. The van der Waals surface area contributed by atoms with E-state index in [0.29, 0.717) is 5.69 Å². The molecule has 0 amide bonds. The molecule has 2 rings (SSSR count). The van der Waals surface area contributed by atoms with Crippen molar-refractivity contribution < 1.29 is 39.5 Å². The molecule has 0 aliphatic rings. The maximum absolute atomic E-state index is 10.6. The van der Waals surface area contributed by atoms with E-state index < -0.39 is 5.97 Å². The Morgan fingerprint density at radius 2 is 1.45 bits per heavy atom. The van der Waals surface area contributed by atoms with Gasteiger partial charge in [0.15, 0.2) is 0 Å². The molecule has 0 saturated heterocycles. The Bertz CT molecular complexity index is 622. The molecule has 0 aliphatic carbocycles. The van der Waals surface area contributed by atoms with Crippen molar-refractivity contribution in [3.8, 4) is 0 Å². The average Bonchev–Trinajstić information content (AvgIpc) is 2.52. The molecule has 0 aliphatic heterocycles. The zero-order valence-corrected chi connectivity index (χ0v) is 15.0. The van der Waals surface area contributed by atoms with Crippen LogP contribution in [0.5, 0.6) is 0 Å². The van der Waals surface area contributed by atoms with Crippen molar-refractivity contribution in [1.29, 1.82) is 0 Å². The number of aryl methyl sites for hydroxylation is 1. The smallest absolute Gasteiger partial charge is 0.545 e. The van der Waals surface area contributed by atoms with E-state index in [1.165, 1.54) is 30.5 Å². The Labute approximate surface area is 152 Å². The predicted octanol–water partition coefficient (Wildman–Crippen LogP) is 0.812. The van der Waals surface area contributed by atoms with Crippen LogP contribution < -0.4 is 34.7 Å². The van der Waals surface area contributed by atoms with Crippen molar-refractivity contribution in [3.05, 3.63) is 59.7 Å². The van der Waals surface area contributed by atoms with Crippen LogP contribution in [-0.2, 0) is 6.42 Å². The van der Waals surface area contributed by atoms with Crippen molar-refractivity contribution in [2.45, 2.75) is 26.2 Å². The van der Waals surface area contributed by atoms with Gasteiger partial charge in [-0.3, -0.25) is 0 Å². The molecule has 0 radical (unpaired) electrons. The van der Waals surface area contributed by atoms with E-state index in [1.54, 1.807) is 12.1 Å². The molecule has 5 heteroatoms. The van der Waals surface area contributed by atoms with Gasteiger partial charge >= 0.3 is 29.6 Å². The fourth-order valence-corrected chi connectivity index (χ4v) is 1.89. The van der Waals surface area contributed by atoms with Crippen LogP contribution in [0.2, 0.25) is 0 Å². The number of nitrogens with zero attached hydrogens (tertiary/aromatic N) is 2. The third kappa shape index (κ3) is 5.72. The van der Waals surface area contributed by atoms with Gasteiger partial charge in [0, 0.05) is 0 Å². The number of aromatic carboxylic acids is 1. The minimum Gasteiger partial charge on any atom is -0.545 e. The number of rotatable bonds is 6. The number of hydrogen-bond acceptors (Lipinski definition) is 4. The second-order valence-corrected chi connectivity index (χ2v) is 4.80. The van der Waals surface area contributed by atoms with Crippen LogP contribution in [0.25, 0.3) is 0 Å². The topological polar surface area (TPSA) is 64.8 Å². The summed E-state index contributed by atoms with van der Waals surface area (Å²) in [5, 5.41) is 18.8. The molecule has 0 heterocycles. The van der Waals surface area contributed by atoms with Crippen LogP contribution in [0, 0.1) is 0 Å². The van der Waals surface area contributed by atoms with E-state index in [0.717, 1.165) is 12.1 Å². The summed E-state index contributed by atoms with van der Waals surface area (Å²) >= 11 is 0. The van der Waals surface area contributed by atoms with Gasteiger partial charge < -0.3 is 9.90 Å². The summed E-state index contributed by atoms with van der Waals surface area (Å²) in [7, 11) is 0. The summed E-state index contributed by atoms with van der Waals surface area (Å²) in [6, 6.07) is 14.1. The van der Waals surface area contributed by atoms with E-state index in [1.807, 2.05) is 12.1 Å². The van der Waals surface area contributed by atoms with Gasteiger partial charge in [0.1, 0.15) is 0 Å². The van der Waals surface area contributed by atoms with Gasteiger partial charge in [0.25, 0.3) is 0 Å². The quantitative estimate of drug-likeness (QED) is 0.585. The summed E-state index contributed by atoms with van der Waals surface area (Å²) < 4.78 is 0. The molecule has 0 unspecified atom stereocenters. The number of carbonyl (C=O) groups excluding carboxylic acids is 1. The van der Waals surface area contributed by atoms with E-state index >= 15 is 0 Å². The summed E-state index contributed by atoms with van der Waals surface area (Å²) in [5.74, 6) is -1.19. The maximum Gasteiger partial charge on any atom is 1.00 e. The Morgan fingerprint density at radius 1 is 0.955 bits per heavy atom. The summed E-state index contributed by atoms with van der Waals surface area (Å²) in [4.78, 5) is 10.6. The first-order valence-electron chi connectivity index (χ1n) is 7.01. The van der Waals surface area contributed by atoms with Crippen LogP contribution >= 0.6 is 0 Å². The summed E-state index contributed by atoms with van der Waals surface area (Å²) in [5.41, 5.74) is 2.82. The van der Waals surface area contributed by atoms with Gasteiger partial charge in [-0.05, 0) is 48.2 Å². The second-order valence-electron chi connectivity index (χ2n) is 4.80. The fourth-order valence-electron chi connectivity index (χ4n) is 1.89. The van der Waals surface area contributed by atoms with Crippen molar-refractivity contribution in [3.63, 3.8) is 0 Å². The molecule has 2 aromatic carbocycles. The van der Waals surface area contributed by atoms with Crippen molar-refractivity contribution in [2.75, 3.05) is 0 Å². The third-order valence-electron chi connectivity index (χ3n) is 3.14. The first-order valence-corrected chi connectivity index (χ1v) is 7.01. The SMILES string of the molecule is CCCCc1ccc(N=Nc2ccc(C(=O)[O-])cc2)cc1.[Na+]. The number of carbonyl (C=O) groups is 1. The van der Waals surface area contributed by atoms with Crippen LogP contribution in [-0.4, -0.2) is 5.97 Å².